The summed E-state index contributed by atoms with van der Waals surface area (Å²) >= 11 is 4.65. The molecule has 2 heterocycles. The van der Waals surface area contributed by atoms with Gasteiger partial charge in [-0.1, -0.05) is 0 Å². The summed E-state index contributed by atoms with van der Waals surface area (Å²) in [4.78, 5) is 41.5. The summed E-state index contributed by atoms with van der Waals surface area (Å²) in [6.45, 7) is 6.35. The number of halogens is 1. The fourth-order valence-electron chi connectivity index (χ4n) is 3.30. The fraction of sp³-hybridized carbons (Fsp3) is 0.381. The summed E-state index contributed by atoms with van der Waals surface area (Å²) in [5, 5.41) is 2.81. The number of aryl methyl sites for hydroxylation is 1. The van der Waals surface area contributed by atoms with Crippen LogP contribution in [0.3, 0.4) is 0 Å². The van der Waals surface area contributed by atoms with Crippen molar-refractivity contribution in [1.82, 2.24) is 5.32 Å². The lowest BCUT2D eigenvalue weighted by atomic mass is 10.0. The van der Waals surface area contributed by atoms with Crippen molar-refractivity contribution in [2.24, 2.45) is 0 Å². The van der Waals surface area contributed by atoms with Crippen molar-refractivity contribution in [3.8, 4) is 0 Å². The fourth-order valence-corrected chi connectivity index (χ4v) is 4.58. The number of ether oxygens (including phenoxy) is 1. The molecule has 1 fully saturated rings. The van der Waals surface area contributed by atoms with Crippen LogP contribution < -0.4 is 15.1 Å². The van der Waals surface area contributed by atoms with Gasteiger partial charge in [-0.15, -0.1) is 11.3 Å². The number of thiophene rings is 1. The van der Waals surface area contributed by atoms with Gasteiger partial charge in [0.1, 0.15) is 12.1 Å². The Morgan fingerprint density at radius 1 is 1.27 bits per heavy atom. The third-order valence-corrected chi connectivity index (χ3v) is 6.53. The molecule has 0 aliphatic carbocycles. The van der Waals surface area contributed by atoms with E-state index in [9.17, 15) is 14.4 Å². The molecule has 3 amide bonds. The van der Waals surface area contributed by atoms with Crippen molar-refractivity contribution in [3.63, 3.8) is 0 Å². The van der Waals surface area contributed by atoms with E-state index in [1.54, 1.807) is 44.0 Å². The van der Waals surface area contributed by atoms with Gasteiger partial charge in [0, 0.05) is 25.0 Å². The van der Waals surface area contributed by atoms with E-state index in [0.717, 1.165) is 15.0 Å². The Labute approximate surface area is 188 Å². The number of amides is 3. The van der Waals surface area contributed by atoms with Crippen molar-refractivity contribution in [2.45, 2.75) is 26.3 Å². The van der Waals surface area contributed by atoms with Crippen LogP contribution in [-0.4, -0.2) is 50.1 Å². The first-order valence-electron chi connectivity index (χ1n) is 9.45. The van der Waals surface area contributed by atoms with E-state index in [0.29, 0.717) is 23.7 Å². The zero-order chi connectivity index (χ0) is 22.1. The molecule has 0 bridgehead atoms. The number of nitrogens with zero attached hydrogens (tertiary/aromatic N) is 2. The van der Waals surface area contributed by atoms with Gasteiger partial charge in [0.05, 0.1) is 15.3 Å². The summed E-state index contributed by atoms with van der Waals surface area (Å²) in [6, 6.07) is 9.02. The molecule has 2 aromatic rings. The maximum Gasteiger partial charge on any atom is 0.262 e. The van der Waals surface area contributed by atoms with E-state index in [1.807, 2.05) is 19.1 Å². The van der Waals surface area contributed by atoms with Gasteiger partial charge >= 0.3 is 0 Å². The molecule has 1 aliphatic rings. The zero-order valence-electron chi connectivity index (χ0n) is 17.3. The summed E-state index contributed by atoms with van der Waals surface area (Å²) < 4.78 is 6.04. The smallest absolute Gasteiger partial charge is 0.262 e. The van der Waals surface area contributed by atoms with Crippen LogP contribution in [0.25, 0.3) is 0 Å². The second-order valence-corrected chi connectivity index (χ2v) is 10.1. The maximum absolute atomic E-state index is 13.1. The summed E-state index contributed by atoms with van der Waals surface area (Å²) in [5.41, 5.74) is 1.27. The highest BCUT2D eigenvalue weighted by Crippen LogP contribution is 2.28. The van der Waals surface area contributed by atoms with Crippen LogP contribution in [0.5, 0.6) is 0 Å². The van der Waals surface area contributed by atoms with Gasteiger partial charge in [0.25, 0.3) is 17.7 Å². The molecule has 0 radical (unpaired) electrons. The summed E-state index contributed by atoms with van der Waals surface area (Å²) in [5.74, 6) is -0.624. The monoisotopic (exact) mass is 493 g/mol. The number of rotatable bonds is 5. The first-order valence-corrected chi connectivity index (χ1v) is 11.1. The first kappa shape index (κ1) is 22.5. The predicted octanol–water partition coefficient (Wildman–Crippen LogP) is 3.35. The average Bonchev–Trinajstić information content (AvgIpc) is 3.14. The number of carbonyl (C=O) groups is 3. The van der Waals surface area contributed by atoms with Crippen molar-refractivity contribution in [3.05, 3.63) is 44.6 Å². The number of hydrogen-bond donors (Lipinski definition) is 1. The highest BCUT2D eigenvalue weighted by molar-refractivity contribution is 9.11. The average molecular weight is 494 g/mol. The minimum atomic E-state index is -1.10. The topological polar surface area (TPSA) is 79.0 Å². The van der Waals surface area contributed by atoms with E-state index in [1.165, 1.54) is 16.2 Å². The SMILES string of the molecule is Cc1cc(N(C)C(=O)C(C)(C)NC(=O)c2ccc(Br)s2)ccc1N1CCOCC1=O. The van der Waals surface area contributed by atoms with E-state index in [4.69, 9.17) is 4.74 Å². The highest BCUT2D eigenvalue weighted by Gasteiger charge is 2.33. The van der Waals surface area contributed by atoms with Gasteiger partial charge < -0.3 is 19.9 Å². The Hall–Kier alpha value is -2.23. The number of benzene rings is 1. The van der Waals surface area contributed by atoms with Crippen LogP contribution in [-0.2, 0) is 14.3 Å². The maximum atomic E-state index is 13.1. The number of nitrogens with one attached hydrogen (secondary N) is 1. The van der Waals surface area contributed by atoms with Crippen molar-refractivity contribution in [2.75, 3.05) is 36.6 Å². The molecule has 1 aliphatic heterocycles. The third kappa shape index (κ3) is 4.74. The van der Waals surface area contributed by atoms with Crippen LogP contribution in [0.15, 0.2) is 34.1 Å². The lowest BCUT2D eigenvalue weighted by Gasteiger charge is -2.31. The molecule has 0 spiro atoms. The summed E-state index contributed by atoms with van der Waals surface area (Å²) in [6.07, 6.45) is 0. The molecular formula is C21H24BrN3O4S. The van der Waals surface area contributed by atoms with E-state index < -0.39 is 5.54 Å². The number of morpholine rings is 1. The van der Waals surface area contributed by atoms with Gasteiger partial charge in [-0.3, -0.25) is 14.4 Å². The predicted molar refractivity (Wildman–Crippen MR) is 121 cm³/mol. The Morgan fingerprint density at radius 3 is 2.60 bits per heavy atom. The standard InChI is InChI=1S/C21H24BrN3O4S/c1-13-11-14(5-6-15(13)25-9-10-29-12-18(25)26)24(4)20(28)21(2,3)23-19(27)16-7-8-17(22)30-16/h5-8,11H,9-10,12H2,1-4H3,(H,23,27). The lowest BCUT2D eigenvalue weighted by molar-refractivity contribution is -0.125. The summed E-state index contributed by atoms with van der Waals surface area (Å²) in [7, 11) is 1.67. The molecule has 1 N–H and O–H groups in total. The molecule has 7 nitrogen and oxygen atoms in total. The Morgan fingerprint density at radius 2 is 2.00 bits per heavy atom. The van der Waals surface area contributed by atoms with Crippen LogP contribution in [0.1, 0.15) is 29.1 Å². The molecule has 3 rings (SSSR count). The van der Waals surface area contributed by atoms with Crippen LogP contribution in [0.4, 0.5) is 11.4 Å². The molecule has 1 aromatic carbocycles. The molecule has 0 atom stereocenters. The molecule has 9 heteroatoms. The number of anilines is 2. The molecule has 1 aromatic heterocycles. The van der Waals surface area contributed by atoms with Crippen molar-refractivity contribution in [1.29, 1.82) is 0 Å². The Kier molecular flexibility index (Phi) is 6.64. The minimum absolute atomic E-state index is 0.0777. The lowest BCUT2D eigenvalue weighted by Crippen LogP contribution is -2.55. The van der Waals surface area contributed by atoms with Gasteiger partial charge in [0.15, 0.2) is 0 Å². The molecule has 0 unspecified atom stereocenters. The van der Waals surface area contributed by atoms with Gasteiger partial charge in [-0.25, -0.2) is 0 Å². The van der Waals surface area contributed by atoms with Crippen LogP contribution >= 0.6 is 27.3 Å². The van der Waals surface area contributed by atoms with Crippen molar-refractivity contribution >= 4 is 56.4 Å². The third-order valence-electron chi connectivity index (χ3n) is 4.91. The van der Waals surface area contributed by atoms with E-state index in [2.05, 4.69) is 21.2 Å². The second-order valence-electron chi connectivity index (χ2n) is 7.62. The molecular weight excluding hydrogens is 470 g/mol. The quantitative estimate of drug-likeness (QED) is 0.692. The second kappa shape index (κ2) is 8.87. The van der Waals surface area contributed by atoms with Crippen LogP contribution in [0, 0.1) is 6.92 Å². The number of hydrogen-bond acceptors (Lipinski definition) is 5. The highest BCUT2D eigenvalue weighted by atomic mass is 79.9. The molecule has 30 heavy (non-hydrogen) atoms. The van der Waals surface area contributed by atoms with E-state index >= 15 is 0 Å². The van der Waals surface area contributed by atoms with Crippen LogP contribution in [0.2, 0.25) is 0 Å². The zero-order valence-corrected chi connectivity index (χ0v) is 19.7. The van der Waals surface area contributed by atoms with E-state index in [-0.39, 0.29) is 24.3 Å². The van der Waals surface area contributed by atoms with Gasteiger partial charge in [0.2, 0.25) is 0 Å². The Bertz CT molecular complexity index is 988. The molecule has 1 saturated heterocycles. The largest absolute Gasteiger partial charge is 0.370 e. The van der Waals surface area contributed by atoms with Gasteiger partial charge in [-0.05, 0) is 72.6 Å². The normalized spacial score (nSPS) is 14.6. The Balaban J connectivity index is 1.75. The first-order chi connectivity index (χ1) is 14.1. The van der Waals surface area contributed by atoms with Crippen molar-refractivity contribution < 1.29 is 19.1 Å². The minimum Gasteiger partial charge on any atom is -0.370 e. The molecule has 160 valence electrons. The van der Waals surface area contributed by atoms with Gasteiger partial charge in [-0.2, -0.15) is 0 Å². The number of likely N-dealkylation sites (N-methyl/N-ethyl adjacent to an activating group) is 1. The number of carbonyl (C=O) groups excluding carboxylic acids is 3. The molecule has 0 saturated carbocycles.